The number of carbonyl (C=O) groups is 2. The van der Waals surface area contributed by atoms with Crippen molar-refractivity contribution in [3.8, 4) is 5.75 Å². The second kappa shape index (κ2) is 7.83. The number of carbonyl (C=O) groups excluding carboxylic acids is 2. The fourth-order valence-corrected chi connectivity index (χ4v) is 2.77. The number of amides is 1. The number of halogens is 3. The number of esters is 1. The second-order valence-electron chi connectivity index (χ2n) is 6.26. The van der Waals surface area contributed by atoms with Crippen LogP contribution in [-0.2, 0) is 15.7 Å². The van der Waals surface area contributed by atoms with E-state index in [-0.39, 0.29) is 11.3 Å². The zero-order valence-electron chi connectivity index (χ0n) is 15.2. The van der Waals surface area contributed by atoms with Gasteiger partial charge in [0.1, 0.15) is 11.3 Å². The number of hydrogen-bond donors (Lipinski definition) is 2. The highest BCUT2D eigenvalue weighted by Gasteiger charge is 2.34. The van der Waals surface area contributed by atoms with Gasteiger partial charge in [-0.15, -0.1) is 0 Å². The van der Waals surface area contributed by atoms with Crippen molar-refractivity contribution >= 4 is 28.3 Å². The molecule has 0 aromatic heterocycles. The number of fused-ring (bicyclic) bond motifs is 1. The summed E-state index contributed by atoms with van der Waals surface area (Å²) in [7, 11) is 0. The van der Waals surface area contributed by atoms with Crippen molar-refractivity contribution in [2.24, 2.45) is 0 Å². The molecule has 0 spiro atoms. The van der Waals surface area contributed by atoms with E-state index in [2.05, 4.69) is 5.32 Å². The number of phenolic OH excluding ortho intramolecular Hbond substituents is 1. The molecule has 0 heterocycles. The van der Waals surface area contributed by atoms with Gasteiger partial charge in [-0.05, 0) is 30.5 Å². The molecule has 1 amide bonds. The molecule has 0 bridgehead atoms. The van der Waals surface area contributed by atoms with Gasteiger partial charge in [0.05, 0.1) is 11.3 Å². The van der Waals surface area contributed by atoms with Crippen LogP contribution in [0.5, 0.6) is 5.75 Å². The highest BCUT2D eigenvalue weighted by Crippen LogP contribution is 2.34. The predicted octanol–water partition coefficient (Wildman–Crippen LogP) is 4.75. The average Bonchev–Trinajstić information content (AvgIpc) is 2.68. The van der Waals surface area contributed by atoms with Crippen LogP contribution in [0.3, 0.4) is 0 Å². The molecule has 0 saturated heterocycles. The normalized spacial score (nSPS) is 12.4. The van der Waals surface area contributed by atoms with Gasteiger partial charge in [0.2, 0.25) is 0 Å². The smallest absolute Gasteiger partial charge is 0.418 e. The summed E-state index contributed by atoms with van der Waals surface area (Å²) < 4.78 is 44.2. The first kappa shape index (κ1) is 20.2. The summed E-state index contributed by atoms with van der Waals surface area (Å²) in [4.78, 5) is 24.6. The van der Waals surface area contributed by atoms with Gasteiger partial charge in [0.25, 0.3) is 5.91 Å². The van der Waals surface area contributed by atoms with E-state index in [1.807, 2.05) is 0 Å². The van der Waals surface area contributed by atoms with Crippen LogP contribution >= 0.6 is 0 Å². The maximum absolute atomic E-state index is 13.0. The summed E-state index contributed by atoms with van der Waals surface area (Å²) in [6, 6.07) is 14.3. The van der Waals surface area contributed by atoms with Gasteiger partial charge in [-0.3, -0.25) is 4.79 Å². The maximum atomic E-state index is 13.0. The molecule has 3 aromatic carbocycles. The third kappa shape index (κ3) is 4.31. The minimum atomic E-state index is -4.65. The van der Waals surface area contributed by atoms with Crippen LogP contribution in [0.15, 0.2) is 60.7 Å². The SMILES string of the molecule is C[C@H](OC(=O)c1ccc2ccccc2c1O)C(=O)Nc1ccccc1C(F)(F)F. The Morgan fingerprint density at radius 3 is 2.38 bits per heavy atom. The van der Waals surface area contributed by atoms with Crippen molar-refractivity contribution in [2.45, 2.75) is 19.2 Å². The standard InChI is InChI=1S/C21H16F3NO4/c1-12(19(27)25-17-9-5-4-8-16(17)21(22,23)24)29-20(28)15-11-10-13-6-2-3-7-14(13)18(15)26/h2-12,26H,1H3,(H,25,27)/t12-/m0/s1. The van der Waals surface area contributed by atoms with Crippen molar-refractivity contribution < 1.29 is 32.6 Å². The highest BCUT2D eigenvalue weighted by molar-refractivity contribution is 6.03. The number of phenols is 1. The number of anilines is 1. The van der Waals surface area contributed by atoms with Crippen LogP contribution < -0.4 is 5.32 Å². The number of alkyl halides is 3. The molecule has 0 aliphatic carbocycles. The average molecular weight is 403 g/mol. The van der Waals surface area contributed by atoms with E-state index in [9.17, 15) is 27.9 Å². The molecule has 0 radical (unpaired) electrons. The quantitative estimate of drug-likeness (QED) is 0.617. The molecule has 2 N–H and O–H groups in total. The highest BCUT2D eigenvalue weighted by atomic mass is 19.4. The monoisotopic (exact) mass is 403 g/mol. The predicted molar refractivity (Wildman–Crippen MR) is 101 cm³/mol. The topological polar surface area (TPSA) is 75.6 Å². The molecule has 0 fully saturated rings. The number of rotatable bonds is 4. The van der Waals surface area contributed by atoms with Crippen molar-refractivity contribution in [2.75, 3.05) is 5.32 Å². The van der Waals surface area contributed by atoms with Gasteiger partial charge in [0, 0.05) is 5.39 Å². The molecule has 0 unspecified atom stereocenters. The molecule has 5 nitrogen and oxygen atoms in total. The maximum Gasteiger partial charge on any atom is 0.418 e. The Morgan fingerprint density at radius 2 is 1.66 bits per heavy atom. The van der Waals surface area contributed by atoms with E-state index in [0.29, 0.717) is 10.8 Å². The van der Waals surface area contributed by atoms with Crippen molar-refractivity contribution in [3.63, 3.8) is 0 Å². The van der Waals surface area contributed by atoms with Gasteiger partial charge >= 0.3 is 12.1 Å². The first-order valence-corrected chi connectivity index (χ1v) is 8.57. The lowest BCUT2D eigenvalue weighted by Crippen LogP contribution is -2.30. The third-order valence-electron chi connectivity index (χ3n) is 4.26. The van der Waals surface area contributed by atoms with Gasteiger partial charge in [-0.2, -0.15) is 13.2 Å². The Hall–Kier alpha value is -3.55. The lowest BCUT2D eigenvalue weighted by molar-refractivity contribution is -0.137. The summed E-state index contributed by atoms with van der Waals surface area (Å²) in [6.07, 6.45) is -6.05. The van der Waals surface area contributed by atoms with Gasteiger partial charge in [-0.25, -0.2) is 4.79 Å². The van der Waals surface area contributed by atoms with Gasteiger partial charge in [-0.1, -0.05) is 42.5 Å². The summed E-state index contributed by atoms with van der Waals surface area (Å²) in [5, 5.41) is 13.6. The summed E-state index contributed by atoms with van der Waals surface area (Å²) >= 11 is 0. The molecule has 0 aliphatic rings. The number of ether oxygens (including phenoxy) is 1. The second-order valence-corrected chi connectivity index (χ2v) is 6.26. The molecule has 1 atom stereocenters. The molecule has 0 saturated carbocycles. The minimum absolute atomic E-state index is 0.154. The van der Waals surface area contributed by atoms with E-state index in [1.165, 1.54) is 25.1 Å². The van der Waals surface area contributed by atoms with E-state index in [0.717, 1.165) is 12.1 Å². The number of para-hydroxylation sites is 1. The van der Waals surface area contributed by atoms with Crippen LogP contribution in [0.1, 0.15) is 22.8 Å². The van der Waals surface area contributed by atoms with Crippen LogP contribution in [0.4, 0.5) is 18.9 Å². The van der Waals surface area contributed by atoms with E-state index >= 15 is 0 Å². The molecule has 150 valence electrons. The fraction of sp³-hybridized carbons (Fsp3) is 0.143. The Morgan fingerprint density at radius 1 is 1.00 bits per heavy atom. The Kier molecular flexibility index (Phi) is 5.45. The molecular weight excluding hydrogens is 387 g/mol. The molecule has 3 aromatic rings. The zero-order chi connectivity index (χ0) is 21.2. The number of nitrogens with one attached hydrogen (secondary N) is 1. The van der Waals surface area contributed by atoms with Crippen molar-refractivity contribution in [1.82, 2.24) is 0 Å². The lowest BCUT2D eigenvalue weighted by Gasteiger charge is -2.17. The molecule has 8 heteroatoms. The number of benzene rings is 3. The Labute approximate surface area is 163 Å². The number of hydrogen-bond acceptors (Lipinski definition) is 4. The fourth-order valence-electron chi connectivity index (χ4n) is 2.77. The van der Waals surface area contributed by atoms with Crippen LogP contribution in [0.2, 0.25) is 0 Å². The lowest BCUT2D eigenvalue weighted by atomic mass is 10.1. The van der Waals surface area contributed by atoms with E-state index in [1.54, 1.807) is 30.3 Å². The van der Waals surface area contributed by atoms with E-state index < -0.39 is 35.4 Å². The van der Waals surface area contributed by atoms with Crippen molar-refractivity contribution in [1.29, 1.82) is 0 Å². The largest absolute Gasteiger partial charge is 0.506 e. The first-order chi connectivity index (χ1) is 13.7. The zero-order valence-corrected chi connectivity index (χ0v) is 15.2. The Balaban J connectivity index is 1.75. The Bertz CT molecular complexity index is 1080. The summed E-state index contributed by atoms with van der Waals surface area (Å²) in [6.45, 7) is 1.22. The van der Waals surface area contributed by atoms with Gasteiger partial charge < -0.3 is 15.2 Å². The molecule has 0 aliphatic heterocycles. The summed E-state index contributed by atoms with van der Waals surface area (Å²) in [5.74, 6) is -2.21. The van der Waals surface area contributed by atoms with Crippen molar-refractivity contribution in [3.05, 3.63) is 71.8 Å². The molecule has 29 heavy (non-hydrogen) atoms. The summed E-state index contributed by atoms with van der Waals surface area (Å²) in [5.41, 5.74) is -1.61. The minimum Gasteiger partial charge on any atom is -0.506 e. The molecule has 3 rings (SSSR count). The number of aromatic hydroxyl groups is 1. The van der Waals surface area contributed by atoms with Crippen LogP contribution in [-0.4, -0.2) is 23.1 Å². The van der Waals surface area contributed by atoms with Crippen LogP contribution in [0.25, 0.3) is 10.8 Å². The van der Waals surface area contributed by atoms with Crippen LogP contribution in [0, 0.1) is 0 Å². The van der Waals surface area contributed by atoms with Gasteiger partial charge in [0.15, 0.2) is 6.10 Å². The first-order valence-electron chi connectivity index (χ1n) is 8.57. The van der Waals surface area contributed by atoms with E-state index in [4.69, 9.17) is 4.74 Å². The molecular formula is C21H16F3NO4. The third-order valence-corrected chi connectivity index (χ3v) is 4.26.